The third-order valence-corrected chi connectivity index (χ3v) is 6.17. The van der Waals surface area contributed by atoms with Gasteiger partial charge in [-0.25, -0.2) is 9.78 Å². The lowest BCUT2D eigenvalue weighted by molar-refractivity contribution is 0.0265. The van der Waals surface area contributed by atoms with E-state index in [0.29, 0.717) is 13.1 Å². The molecule has 1 amide bonds. The summed E-state index contributed by atoms with van der Waals surface area (Å²) in [5, 5.41) is 7.18. The van der Waals surface area contributed by atoms with Gasteiger partial charge in [-0.2, -0.15) is 0 Å². The van der Waals surface area contributed by atoms with Crippen molar-refractivity contribution in [1.29, 1.82) is 0 Å². The maximum absolute atomic E-state index is 12.4. The first-order chi connectivity index (χ1) is 16.4. The molecule has 1 unspecified atom stereocenters. The van der Waals surface area contributed by atoms with E-state index >= 15 is 0 Å². The van der Waals surface area contributed by atoms with E-state index in [1.807, 2.05) is 45.3 Å². The molecule has 2 aromatic heterocycles. The molecule has 7 heteroatoms. The molecule has 0 saturated carbocycles. The minimum Gasteiger partial charge on any atom is -0.444 e. The van der Waals surface area contributed by atoms with E-state index in [1.54, 1.807) is 4.90 Å². The van der Waals surface area contributed by atoms with Gasteiger partial charge in [0, 0.05) is 54.5 Å². The minimum atomic E-state index is -0.480. The highest BCUT2D eigenvalue weighted by Crippen LogP contribution is 2.36. The first-order valence-corrected chi connectivity index (χ1v) is 11.8. The van der Waals surface area contributed by atoms with Crippen molar-refractivity contribution in [3.05, 3.63) is 72.1 Å². The van der Waals surface area contributed by atoms with Gasteiger partial charge in [-0.05, 0) is 68.7 Å². The number of anilines is 3. The van der Waals surface area contributed by atoms with Gasteiger partial charge in [-0.15, -0.1) is 0 Å². The molecule has 0 spiro atoms. The molecule has 176 valence electrons. The zero-order chi connectivity index (χ0) is 23.7. The Labute approximate surface area is 200 Å². The van der Waals surface area contributed by atoms with Crippen LogP contribution < -0.4 is 10.6 Å². The Morgan fingerprint density at radius 3 is 2.82 bits per heavy atom. The lowest BCUT2D eigenvalue weighted by atomic mass is 9.97. The molecule has 3 N–H and O–H groups in total. The Balaban J connectivity index is 1.27. The largest absolute Gasteiger partial charge is 0.444 e. The van der Waals surface area contributed by atoms with Crippen molar-refractivity contribution >= 4 is 23.3 Å². The number of nitrogens with zero attached hydrogens (tertiary/aromatic N) is 2. The number of carbonyl (C=O) groups is 1. The zero-order valence-electron chi connectivity index (χ0n) is 19.9. The van der Waals surface area contributed by atoms with Crippen molar-refractivity contribution in [3.8, 4) is 11.3 Å². The molecule has 1 aromatic carbocycles. The van der Waals surface area contributed by atoms with E-state index in [-0.39, 0.29) is 12.1 Å². The topological polar surface area (TPSA) is 82.3 Å². The molecule has 2 aliphatic heterocycles. The molecule has 3 aromatic rings. The number of nitrogens with one attached hydrogen (secondary N) is 3. The van der Waals surface area contributed by atoms with Crippen molar-refractivity contribution in [3.63, 3.8) is 0 Å². The minimum absolute atomic E-state index is 0.191. The fourth-order valence-corrected chi connectivity index (χ4v) is 4.51. The Morgan fingerprint density at radius 2 is 2.09 bits per heavy atom. The van der Waals surface area contributed by atoms with Crippen LogP contribution in [0.2, 0.25) is 0 Å². The number of amides is 1. The van der Waals surface area contributed by atoms with Gasteiger partial charge < -0.3 is 25.3 Å². The van der Waals surface area contributed by atoms with Crippen molar-refractivity contribution in [2.75, 3.05) is 23.7 Å². The predicted octanol–water partition coefficient (Wildman–Crippen LogP) is 5.72. The van der Waals surface area contributed by atoms with Crippen LogP contribution in [-0.4, -0.2) is 45.7 Å². The first-order valence-electron chi connectivity index (χ1n) is 11.8. The van der Waals surface area contributed by atoms with E-state index in [0.717, 1.165) is 41.3 Å². The lowest BCUT2D eigenvalue weighted by Gasteiger charge is -2.31. The highest BCUT2D eigenvalue weighted by molar-refractivity contribution is 5.74. The van der Waals surface area contributed by atoms with Gasteiger partial charge in [-0.1, -0.05) is 18.2 Å². The van der Waals surface area contributed by atoms with Crippen molar-refractivity contribution in [1.82, 2.24) is 14.9 Å². The smallest absolute Gasteiger partial charge is 0.410 e. The lowest BCUT2D eigenvalue weighted by Crippen LogP contribution is -2.40. The summed E-state index contributed by atoms with van der Waals surface area (Å²) in [7, 11) is 0. The molecular weight excluding hydrogens is 426 g/mol. The first kappa shape index (κ1) is 22.1. The fourth-order valence-electron chi connectivity index (χ4n) is 4.51. The molecule has 1 atom stereocenters. The van der Waals surface area contributed by atoms with Crippen LogP contribution in [-0.2, 0) is 11.2 Å². The summed E-state index contributed by atoms with van der Waals surface area (Å²) in [6.07, 6.45) is 7.37. The van der Waals surface area contributed by atoms with E-state index in [1.165, 1.54) is 11.1 Å². The fraction of sp³-hybridized carbons (Fsp3) is 0.333. The Hall–Kier alpha value is -3.74. The van der Waals surface area contributed by atoms with Crippen LogP contribution in [0.1, 0.15) is 32.8 Å². The number of aromatic nitrogens is 2. The Kier molecular flexibility index (Phi) is 5.77. The van der Waals surface area contributed by atoms with Crippen molar-refractivity contribution in [2.24, 2.45) is 0 Å². The molecule has 0 aliphatic carbocycles. The molecule has 34 heavy (non-hydrogen) atoms. The summed E-state index contributed by atoms with van der Waals surface area (Å²) < 4.78 is 5.51. The van der Waals surface area contributed by atoms with E-state index in [9.17, 15) is 4.79 Å². The van der Waals surface area contributed by atoms with Crippen LogP contribution in [0.3, 0.4) is 0 Å². The molecule has 0 fully saturated rings. The number of fused-ring (bicyclic) bond motifs is 1. The normalized spacial score (nSPS) is 17.6. The summed E-state index contributed by atoms with van der Waals surface area (Å²) in [6.45, 7) is 6.92. The number of aromatic amines is 1. The van der Waals surface area contributed by atoms with Crippen LogP contribution in [0, 0.1) is 0 Å². The number of pyridine rings is 1. The van der Waals surface area contributed by atoms with E-state index < -0.39 is 5.60 Å². The van der Waals surface area contributed by atoms with Gasteiger partial charge in [0.15, 0.2) is 0 Å². The van der Waals surface area contributed by atoms with Gasteiger partial charge in [0.05, 0.1) is 6.04 Å². The second kappa shape index (κ2) is 8.89. The summed E-state index contributed by atoms with van der Waals surface area (Å²) in [5.74, 6) is 0.922. The third kappa shape index (κ3) is 4.78. The molecule has 4 heterocycles. The third-order valence-electron chi connectivity index (χ3n) is 6.17. The number of H-pyrrole nitrogens is 1. The molecule has 0 bridgehead atoms. The number of carbonyl (C=O) groups excluding carboxylic acids is 1. The molecule has 5 rings (SSSR count). The van der Waals surface area contributed by atoms with Crippen LogP contribution >= 0.6 is 0 Å². The number of rotatable bonds is 4. The van der Waals surface area contributed by atoms with E-state index in [4.69, 9.17) is 4.74 Å². The number of ether oxygens (including phenoxy) is 1. The van der Waals surface area contributed by atoms with Crippen LogP contribution in [0.5, 0.6) is 0 Å². The molecule has 0 saturated heterocycles. The van der Waals surface area contributed by atoms with Crippen LogP contribution in [0.15, 0.2) is 66.5 Å². The van der Waals surface area contributed by atoms with Crippen molar-refractivity contribution in [2.45, 2.75) is 45.3 Å². The average molecular weight is 458 g/mol. The number of benzene rings is 1. The Bertz CT molecular complexity index is 1210. The van der Waals surface area contributed by atoms with E-state index in [2.05, 4.69) is 57.0 Å². The summed E-state index contributed by atoms with van der Waals surface area (Å²) >= 11 is 0. The van der Waals surface area contributed by atoms with Gasteiger partial charge in [0.25, 0.3) is 0 Å². The molecule has 0 radical (unpaired) electrons. The second-order valence-electron chi connectivity index (χ2n) is 9.83. The molecule has 7 nitrogen and oxygen atoms in total. The summed E-state index contributed by atoms with van der Waals surface area (Å²) in [4.78, 5) is 22.0. The number of hydrogen-bond acceptors (Lipinski definition) is 5. The van der Waals surface area contributed by atoms with Gasteiger partial charge in [0.1, 0.15) is 11.4 Å². The SMILES string of the molecule is CC(C)(C)OC(=O)N1CC=C(C2Cc3c(Nc4cccc(-c5ccc[nH]5)c4)ccnc3N2)CC1. The maximum atomic E-state index is 12.4. The van der Waals surface area contributed by atoms with Crippen molar-refractivity contribution < 1.29 is 9.53 Å². The summed E-state index contributed by atoms with van der Waals surface area (Å²) in [5.41, 5.74) is 6.36. The molecule has 2 aliphatic rings. The molecular formula is C27H31N5O2. The maximum Gasteiger partial charge on any atom is 0.410 e. The predicted molar refractivity (Wildman–Crippen MR) is 135 cm³/mol. The van der Waals surface area contributed by atoms with Gasteiger partial charge in [0.2, 0.25) is 0 Å². The average Bonchev–Trinajstić information content (AvgIpc) is 3.49. The van der Waals surface area contributed by atoms with Crippen LogP contribution in [0.25, 0.3) is 11.3 Å². The second-order valence-corrected chi connectivity index (χ2v) is 9.83. The highest BCUT2D eigenvalue weighted by Gasteiger charge is 2.30. The van der Waals surface area contributed by atoms with Gasteiger partial charge in [-0.3, -0.25) is 0 Å². The van der Waals surface area contributed by atoms with Crippen LogP contribution in [0.4, 0.5) is 22.0 Å². The standard InChI is InChI=1S/C27H31N5O2/c1-27(2,3)34-26(33)32-14-10-18(11-15-32)24-17-21-23(9-13-29-25(21)31-24)30-20-7-4-6-19(16-20)22-8-5-12-28-22/h4-10,12-13,16,24,28H,11,14-15,17H2,1-3H3,(H2,29,30,31). The zero-order valence-corrected chi connectivity index (χ0v) is 19.9. The summed E-state index contributed by atoms with van der Waals surface area (Å²) in [6, 6.07) is 14.7. The monoisotopic (exact) mass is 457 g/mol. The highest BCUT2D eigenvalue weighted by atomic mass is 16.6. The van der Waals surface area contributed by atoms with Gasteiger partial charge >= 0.3 is 6.09 Å². The quantitative estimate of drug-likeness (QED) is 0.436. The Morgan fingerprint density at radius 1 is 1.21 bits per heavy atom. The number of hydrogen-bond donors (Lipinski definition) is 3.